The average Bonchev–Trinajstić information content (AvgIpc) is 2.63. The Labute approximate surface area is 80.7 Å². The number of hydrogen-bond donors (Lipinski definition) is 1. The number of aryl methyl sites for hydroxylation is 2. The molecule has 2 aromatic heterocycles. The molecular formula is C8H11N5O. The normalized spacial score (nSPS) is 10.7. The first-order valence-corrected chi connectivity index (χ1v) is 4.24. The summed E-state index contributed by atoms with van der Waals surface area (Å²) in [6, 6.07) is 0. The zero-order valence-corrected chi connectivity index (χ0v) is 8.06. The molecule has 2 N–H and O–H groups in total. The van der Waals surface area contributed by atoms with E-state index in [1.165, 1.54) is 0 Å². The summed E-state index contributed by atoms with van der Waals surface area (Å²) in [7, 11) is 0. The van der Waals surface area contributed by atoms with Crippen molar-refractivity contribution >= 4 is 5.82 Å². The number of nitrogens with two attached hydrogens (primary N) is 1. The molecule has 0 amide bonds. The van der Waals surface area contributed by atoms with E-state index in [0.29, 0.717) is 12.4 Å². The maximum atomic E-state index is 5.62. The van der Waals surface area contributed by atoms with Crippen LogP contribution in [-0.4, -0.2) is 20.1 Å². The van der Waals surface area contributed by atoms with Crippen LogP contribution in [0.25, 0.3) is 0 Å². The predicted molar refractivity (Wildman–Crippen MR) is 49.5 cm³/mol. The number of nitrogen functional groups attached to an aromatic ring is 1. The van der Waals surface area contributed by atoms with Crippen LogP contribution in [-0.2, 0) is 6.54 Å². The van der Waals surface area contributed by atoms with Crippen molar-refractivity contribution in [2.24, 2.45) is 0 Å². The lowest BCUT2D eigenvalue weighted by Gasteiger charge is -1.95. The van der Waals surface area contributed by atoms with E-state index in [1.54, 1.807) is 4.68 Å². The Morgan fingerprint density at radius 2 is 2.21 bits per heavy atom. The first-order chi connectivity index (χ1) is 6.66. The van der Waals surface area contributed by atoms with Gasteiger partial charge in [-0.3, -0.25) is 4.68 Å². The van der Waals surface area contributed by atoms with Gasteiger partial charge in [0.1, 0.15) is 17.2 Å². The summed E-state index contributed by atoms with van der Waals surface area (Å²) in [5.41, 5.74) is 8.12. The van der Waals surface area contributed by atoms with Crippen LogP contribution in [0.1, 0.15) is 17.0 Å². The second-order valence-corrected chi connectivity index (χ2v) is 3.19. The van der Waals surface area contributed by atoms with Crippen molar-refractivity contribution < 1.29 is 4.63 Å². The molecule has 2 aromatic rings. The van der Waals surface area contributed by atoms with Crippen molar-refractivity contribution in [2.45, 2.75) is 20.4 Å². The summed E-state index contributed by atoms with van der Waals surface area (Å²) in [6.45, 7) is 4.28. The van der Waals surface area contributed by atoms with E-state index in [2.05, 4.69) is 20.0 Å². The fourth-order valence-electron chi connectivity index (χ4n) is 1.16. The fourth-order valence-corrected chi connectivity index (χ4v) is 1.16. The molecule has 14 heavy (non-hydrogen) atoms. The van der Waals surface area contributed by atoms with Crippen LogP contribution in [0.5, 0.6) is 0 Å². The zero-order valence-electron chi connectivity index (χ0n) is 8.06. The van der Waals surface area contributed by atoms with E-state index in [-0.39, 0.29) is 0 Å². The summed E-state index contributed by atoms with van der Waals surface area (Å²) >= 11 is 0. The minimum atomic E-state index is 0.535. The van der Waals surface area contributed by atoms with Gasteiger partial charge in [0.25, 0.3) is 0 Å². The summed E-state index contributed by atoms with van der Waals surface area (Å²) in [5.74, 6) is 0.541. The third-order valence-corrected chi connectivity index (χ3v) is 2.04. The Morgan fingerprint density at radius 3 is 2.71 bits per heavy atom. The average molecular weight is 193 g/mol. The second-order valence-electron chi connectivity index (χ2n) is 3.19. The summed E-state index contributed by atoms with van der Waals surface area (Å²) in [6.07, 6.45) is 1.86. The molecule has 0 spiro atoms. The van der Waals surface area contributed by atoms with Gasteiger partial charge in [0.15, 0.2) is 0 Å². The van der Waals surface area contributed by atoms with Crippen LogP contribution in [0, 0.1) is 13.8 Å². The lowest BCUT2D eigenvalue weighted by atomic mass is 10.3. The van der Waals surface area contributed by atoms with Crippen molar-refractivity contribution in [3.63, 3.8) is 0 Å². The molecule has 2 heterocycles. The number of hydrogen-bond acceptors (Lipinski definition) is 5. The molecule has 2 rings (SSSR count). The van der Waals surface area contributed by atoms with Crippen molar-refractivity contribution in [3.8, 4) is 0 Å². The molecule has 0 bridgehead atoms. The van der Waals surface area contributed by atoms with E-state index >= 15 is 0 Å². The molecular weight excluding hydrogens is 182 g/mol. The minimum absolute atomic E-state index is 0.535. The second kappa shape index (κ2) is 3.13. The Balaban J connectivity index is 2.23. The predicted octanol–water partition coefficient (Wildman–Crippen LogP) is 0.513. The lowest BCUT2D eigenvalue weighted by Crippen LogP contribution is -2.02. The van der Waals surface area contributed by atoms with E-state index in [0.717, 1.165) is 17.0 Å². The molecule has 6 nitrogen and oxygen atoms in total. The first kappa shape index (κ1) is 8.74. The highest BCUT2D eigenvalue weighted by Crippen LogP contribution is 2.09. The highest BCUT2D eigenvalue weighted by Gasteiger charge is 2.07. The largest absolute Gasteiger partial charge is 0.382 e. The highest BCUT2D eigenvalue weighted by atomic mass is 16.6. The van der Waals surface area contributed by atoms with Crippen molar-refractivity contribution in [1.82, 2.24) is 20.1 Å². The molecule has 0 fully saturated rings. The van der Waals surface area contributed by atoms with Crippen LogP contribution in [0.4, 0.5) is 5.82 Å². The summed E-state index contributed by atoms with van der Waals surface area (Å²) in [4.78, 5) is 0. The van der Waals surface area contributed by atoms with Crippen LogP contribution in [0.3, 0.4) is 0 Å². The van der Waals surface area contributed by atoms with Gasteiger partial charge in [-0.05, 0) is 13.8 Å². The third kappa shape index (κ3) is 1.46. The summed E-state index contributed by atoms with van der Waals surface area (Å²) in [5, 5.41) is 11.6. The van der Waals surface area contributed by atoms with Gasteiger partial charge in [-0.1, -0.05) is 10.3 Å². The highest BCUT2D eigenvalue weighted by molar-refractivity contribution is 5.35. The maximum Gasteiger partial charge on any atom is 0.148 e. The van der Waals surface area contributed by atoms with Gasteiger partial charge in [0.2, 0.25) is 0 Å². The number of aromatic nitrogens is 4. The number of rotatable bonds is 2. The van der Waals surface area contributed by atoms with E-state index < -0.39 is 0 Å². The Morgan fingerprint density at radius 1 is 1.43 bits per heavy atom. The number of nitrogens with zero attached hydrogens (tertiary/aromatic N) is 4. The van der Waals surface area contributed by atoms with Crippen molar-refractivity contribution in [3.05, 3.63) is 23.1 Å². The Kier molecular flexibility index (Phi) is 1.95. The van der Waals surface area contributed by atoms with Gasteiger partial charge in [0, 0.05) is 11.8 Å². The van der Waals surface area contributed by atoms with Gasteiger partial charge in [-0.25, -0.2) is 4.63 Å². The SMILES string of the molecule is Cc1cn(Cc2nonc2C)nc1N. The number of anilines is 1. The molecule has 74 valence electrons. The maximum absolute atomic E-state index is 5.62. The molecule has 0 aliphatic rings. The molecule has 0 atom stereocenters. The standard InChI is InChI=1S/C8H11N5O/c1-5-3-13(10-8(5)9)4-7-6(2)11-14-12-7/h3H,4H2,1-2H3,(H2,9,10). The van der Waals surface area contributed by atoms with Crippen LogP contribution >= 0.6 is 0 Å². The third-order valence-electron chi connectivity index (χ3n) is 2.04. The lowest BCUT2D eigenvalue weighted by molar-refractivity contribution is 0.300. The molecule has 6 heteroatoms. The van der Waals surface area contributed by atoms with E-state index in [1.807, 2.05) is 20.0 Å². The van der Waals surface area contributed by atoms with Gasteiger partial charge >= 0.3 is 0 Å². The van der Waals surface area contributed by atoms with Gasteiger partial charge < -0.3 is 5.73 Å². The molecule has 0 aromatic carbocycles. The molecule has 0 saturated carbocycles. The van der Waals surface area contributed by atoms with E-state index in [9.17, 15) is 0 Å². The van der Waals surface area contributed by atoms with Gasteiger partial charge in [-0.2, -0.15) is 5.10 Å². The minimum Gasteiger partial charge on any atom is -0.382 e. The molecule has 0 aliphatic heterocycles. The Bertz CT molecular complexity index is 425. The van der Waals surface area contributed by atoms with Gasteiger partial charge in [-0.15, -0.1) is 0 Å². The van der Waals surface area contributed by atoms with Crippen molar-refractivity contribution in [2.75, 3.05) is 5.73 Å². The van der Waals surface area contributed by atoms with Crippen LogP contribution in [0.15, 0.2) is 10.8 Å². The monoisotopic (exact) mass is 193 g/mol. The fraction of sp³-hybridized carbons (Fsp3) is 0.375. The Hall–Kier alpha value is -1.85. The smallest absolute Gasteiger partial charge is 0.148 e. The zero-order chi connectivity index (χ0) is 10.1. The topological polar surface area (TPSA) is 82.8 Å². The van der Waals surface area contributed by atoms with Crippen LogP contribution < -0.4 is 5.73 Å². The molecule has 0 unspecified atom stereocenters. The van der Waals surface area contributed by atoms with Gasteiger partial charge in [0.05, 0.1) is 6.54 Å². The molecule has 0 aliphatic carbocycles. The summed E-state index contributed by atoms with van der Waals surface area (Å²) < 4.78 is 6.30. The first-order valence-electron chi connectivity index (χ1n) is 4.24. The molecule has 0 radical (unpaired) electrons. The quantitative estimate of drug-likeness (QED) is 0.751. The molecule has 0 saturated heterocycles. The van der Waals surface area contributed by atoms with Crippen LogP contribution in [0.2, 0.25) is 0 Å². The van der Waals surface area contributed by atoms with E-state index in [4.69, 9.17) is 5.73 Å². The van der Waals surface area contributed by atoms with Crippen molar-refractivity contribution in [1.29, 1.82) is 0 Å².